The van der Waals surface area contributed by atoms with Crippen molar-refractivity contribution in [1.29, 1.82) is 0 Å². The number of rotatable bonds is 7. The van der Waals surface area contributed by atoms with E-state index in [0.717, 1.165) is 0 Å². The Bertz CT molecular complexity index is 330. The number of aliphatic carboxylic acids is 1. The summed E-state index contributed by atoms with van der Waals surface area (Å²) in [5.41, 5.74) is 9.91. The first-order chi connectivity index (χ1) is 7.86. The van der Waals surface area contributed by atoms with Crippen molar-refractivity contribution in [3.63, 3.8) is 0 Å². The minimum atomic E-state index is -1.25. The largest absolute Gasteiger partial charge is 0.480 e. The van der Waals surface area contributed by atoms with Gasteiger partial charge in [0.05, 0.1) is 13.0 Å². The molecule has 0 rings (SSSR count). The van der Waals surface area contributed by atoms with Gasteiger partial charge in [0.1, 0.15) is 12.6 Å². The maximum atomic E-state index is 11.4. The zero-order valence-electron chi connectivity index (χ0n) is 8.93. The normalized spacial score (nSPS) is 11.4. The van der Waals surface area contributed by atoms with Crippen LogP contribution in [0.3, 0.4) is 0 Å². The minimum Gasteiger partial charge on any atom is -0.480 e. The Morgan fingerprint density at radius 1 is 1.24 bits per heavy atom. The van der Waals surface area contributed by atoms with Crippen LogP contribution in [0.1, 0.15) is 6.42 Å². The van der Waals surface area contributed by atoms with Gasteiger partial charge in [0.2, 0.25) is 17.7 Å². The van der Waals surface area contributed by atoms with E-state index in [4.69, 9.17) is 16.6 Å². The van der Waals surface area contributed by atoms with E-state index in [1.165, 1.54) is 0 Å². The highest BCUT2D eigenvalue weighted by Gasteiger charge is 2.22. The number of nitrogens with two attached hydrogens (primary N) is 2. The SMILES string of the molecule is NCC(=O)N[C@@H](CC(N)=O)C(=O)NCC(=O)O. The van der Waals surface area contributed by atoms with Crippen molar-refractivity contribution in [1.82, 2.24) is 10.6 Å². The van der Waals surface area contributed by atoms with Crippen LogP contribution in [0, 0.1) is 0 Å². The topological polar surface area (TPSA) is 165 Å². The van der Waals surface area contributed by atoms with Crippen molar-refractivity contribution in [2.45, 2.75) is 12.5 Å². The number of carbonyl (C=O) groups excluding carboxylic acids is 3. The molecule has 0 aliphatic carbocycles. The fourth-order valence-corrected chi connectivity index (χ4v) is 0.950. The van der Waals surface area contributed by atoms with Crippen LogP contribution in [-0.4, -0.2) is 47.9 Å². The Morgan fingerprint density at radius 2 is 1.82 bits per heavy atom. The molecule has 0 aromatic heterocycles. The molecule has 0 aliphatic rings. The van der Waals surface area contributed by atoms with E-state index >= 15 is 0 Å². The van der Waals surface area contributed by atoms with Crippen molar-refractivity contribution in [2.24, 2.45) is 11.5 Å². The van der Waals surface area contributed by atoms with Gasteiger partial charge in [0, 0.05) is 0 Å². The monoisotopic (exact) mass is 246 g/mol. The average molecular weight is 246 g/mol. The Morgan fingerprint density at radius 3 is 2.24 bits per heavy atom. The molecule has 0 unspecified atom stereocenters. The predicted octanol–water partition coefficient (Wildman–Crippen LogP) is -3.49. The van der Waals surface area contributed by atoms with Crippen LogP contribution in [0.5, 0.6) is 0 Å². The second-order valence-electron chi connectivity index (χ2n) is 3.11. The van der Waals surface area contributed by atoms with Gasteiger partial charge in [-0.25, -0.2) is 0 Å². The summed E-state index contributed by atoms with van der Waals surface area (Å²) < 4.78 is 0. The first kappa shape index (κ1) is 14.8. The fraction of sp³-hybridized carbons (Fsp3) is 0.500. The molecule has 0 radical (unpaired) electrons. The molecule has 0 saturated carbocycles. The molecule has 0 fully saturated rings. The first-order valence-corrected chi connectivity index (χ1v) is 4.64. The predicted molar refractivity (Wildman–Crippen MR) is 55.4 cm³/mol. The molecular weight excluding hydrogens is 232 g/mol. The highest BCUT2D eigenvalue weighted by Crippen LogP contribution is 1.91. The maximum absolute atomic E-state index is 11.4. The number of hydrogen-bond donors (Lipinski definition) is 5. The van der Waals surface area contributed by atoms with Crippen LogP contribution in [0.15, 0.2) is 0 Å². The number of carboxylic acid groups (broad SMARTS) is 1. The van der Waals surface area contributed by atoms with Gasteiger partial charge in [-0.2, -0.15) is 0 Å². The zero-order valence-corrected chi connectivity index (χ0v) is 8.93. The van der Waals surface area contributed by atoms with Crippen molar-refractivity contribution >= 4 is 23.7 Å². The molecule has 9 heteroatoms. The molecule has 1 atom stereocenters. The minimum absolute atomic E-state index is 0.360. The van der Waals surface area contributed by atoms with E-state index in [2.05, 4.69) is 5.32 Å². The lowest BCUT2D eigenvalue weighted by atomic mass is 10.2. The Balaban J connectivity index is 4.44. The van der Waals surface area contributed by atoms with Crippen LogP contribution in [0.4, 0.5) is 0 Å². The summed E-state index contributed by atoms with van der Waals surface area (Å²) in [6.07, 6.45) is -0.433. The molecule has 0 aliphatic heterocycles. The Kier molecular flexibility index (Phi) is 6.26. The summed E-state index contributed by atoms with van der Waals surface area (Å²) in [6, 6.07) is -1.22. The Labute approximate surface area is 96.5 Å². The highest BCUT2D eigenvalue weighted by atomic mass is 16.4. The molecule has 0 heterocycles. The Hall–Kier alpha value is -2.16. The third-order valence-electron chi connectivity index (χ3n) is 1.66. The van der Waals surface area contributed by atoms with Crippen LogP contribution >= 0.6 is 0 Å². The van der Waals surface area contributed by atoms with Gasteiger partial charge in [0.15, 0.2) is 0 Å². The number of carbonyl (C=O) groups is 4. The molecule has 0 aromatic rings. The third kappa shape index (κ3) is 6.84. The van der Waals surface area contributed by atoms with E-state index in [9.17, 15) is 19.2 Å². The van der Waals surface area contributed by atoms with Gasteiger partial charge in [-0.05, 0) is 0 Å². The van der Waals surface area contributed by atoms with Gasteiger partial charge in [-0.15, -0.1) is 0 Å². The summed E-state index contributed by atoms with van der Waals surface area (Å²) in [5.74, 6) is -3.52. The van der Waals surface area contributed by atoms with Crippen molar-refractivity contribution in [3.8, 4) is 0 Å². The summed E-state index contributed by atoms with van der Waals surface area (Å²) in [6.45, 7) is -0.978. The van der Waals surface area contributed by atoms with Crippen LogP contribution in [-0.2, 0) is 19.2 Å². The molecule has 0 spiro atoms. The molecule has 9 nitrogen and oxygen atoms in total. The summed E-state index contributed by atoms with van der Waals surface area (Å²) in [4.78, 5) is 43.2. The van der Waals surface area contributed by atoms with Gasteiger partial charge in [-0.1, -0.05) is 0 Å². The third-order valence-corrected chi connectivity index (χ3v) is 1.66. The maximum Gasteiger partial charge on any atom is 0.322 e. The highest BCUT2D eigenvalue weighted by molar-refractivity contribution is 5.93. The number of hydrogen-bond acceptors (Lipinski definition) is 5. The molecule has 0 bridgehead atoms. The van der Waals surface area contributed by atoms with E-state index in [1.54, 1.807) is 0 Å². The summed E-state index contributed by atoms with van der Waals surface area (Å²) in [5, 5.41) is 12.5. The van der Waals surface area contributed by atoms with E-state index in [-0.39, 0.29) is 6.54 Å². The molecular formula is C8H14N4O5. The lowest BCUT2D eigenvalue weighted by Gasteiger charge is -2.15. The van der Waals surface area contributed by atoms with Crippen molar-refractivity contribution in [3.05, 3.63) is 0 Å². The molecule has 0 saturated heterocycles. The average Bonchev–Trinajstić information content (AvgIpc) is 2.23. The number of amides is 3. The standard InChI is InChI=1S/C8H14N4O5/c9-2-6(14)12-4(1-5(10)13)8(17)11-3-7(15)16/h4H,1-3,9H2,(H2,10,13)(H,11,17)(H,12,14)(H,15,16)/t4-/m0/s1. The summed E-state index contributed by atoms with van der Waals surface area (Å²) in [7, 11) is 0. The van der Waals surface area contributed by atoms with Gasteiger partial charge in [-0.3, -0.25) is 19.2 Å². The second kappa shape index (κ2) is 7.17. The van der Waals surface area contributed by atoms with E-state index < -0.39 is 42.7 Å². The van der Waals surface area contributed by atoms with Crippen molar-refractivity contribution in [2.75, 3.05) is 13.1 Å². The van der Waals surface area contributed by atoms with Gasteiger partial charge < -0.3 is 27.2 Å². The number of nitrogens with one attached hydrogen (secondary N) is 2. The molecule has 3 amide bonds. The fourth-order valence-electron chi connectivity index (χ4n) is 0.950. The van der Waals surface area contributed by atoms with E-state index in [0.29, 0.717) is 0 Å². The lowest BCUT2D eigenvalue weighted by molar-refractivity contribution is -0.138. The van der Waals surface area contributed by atoms with Gasteiger partial charge >= 0.3 is 5.97 Å². The second-order valence-corrected chi connectivity index (χ2v) is 3.11. The zero-order chi connectivity index (χ0) is 13.4. The van der Waals surface area contributed by atoms with Crippen LogP contribution in [0.2, 0.25) is 0 Å². The smallest absolute Gasteiger partial charge is 0.322 e. The number of carboxylic acids is 1. The molecule has 96 valence electrons. The van der Waals surface area contributed by atoms with Crippen LogP contribution in [0.25, 0.3) is 0 Å². The number of primary amides is 1. The van der Waals surface area contributed by atoms with E-state index in [1.807, 2.05) is 5.32 Å². The molecule has 0 aromatic carbocycles. The molecule has 17 heavy (non-hydrogen) atoms. The van der Waals surface area contributed by atoms with Crippen molar-refractivity contribution < 1.29 is 24.3 Å². The quantitative estimate of drug-likeness (QED) is 0.312. The lowest BCUT2D eigenvalue weighted by Crippen LogP contribution is -2.50. The van der Waals surface area contributed by atoms with Gasteiger partial charge in [0.25, 0.3) is 0 Å². The molecule has 7 N–H and O–H groups in total. The van der Waals surface area contributed by atoms with Crippen LogP contribution < -0.4 is 22.1 Å². The first-order valence-electron chi connectivity index (χ1n) is 4.64. The summed E-state index contributed by atoms with van der Waals surface area (Å²) >= 11 is 0.